The highest BCUT2D eigenvalue weighted by Gasteiger charge is 2.34. The van der Waals surface area contributed by atoms with Crippen LogP contribution in [0, 0.1) is 0 Å². The minimum absolute atomic E-state index is 0.249. The fourth-order valence-corrected chi connectivity index (χ4v) is 4.95. The Kier molecular flexibility index (Phi) is 6.30. The fraction of sp³-hybridized carbons (Fsp3) is 0.208. The SMILES string of the molecule is CCOc1ccc(/C=c2\sc3n(c2=O)C(c2ccccc2Cl)C(C(=O)OC)=C(C)N=3)cc1. The summed E-state index contributed by atoms with van der Waals surface area (Å²) >= 11 is 7.75. The van der Waals surface area contributed by atoms with Crippen molar-refractivity contribution in [3.63, 3.8) is 0 Å². The molecule has 0 bridgehead atoms. The van der Waals surface area contributed by atoms with Crippen molar-refractivity contribution in [2.24, 2.45) is 4.99 Å². The molecule has 1 atom stereocenters. The Labute approximate surface area is 193 Å². The van der Waals surface area contributed by atoms with Crippen LogP contribution in [0.4, 0.5) is 0 Å². The summed E-state index contributed by atoms with van der Waals surface area (Å²) in [6.45, 7) is 4.25. The Morgan fingerprint density at radius 3 is 2.59 bits per heavy atom. The number of methoxy groups -OCH3 is 1. The molecular weight excluding hydrogens is 448 g/mol. The number of carbonyl (C=O) groups is 1. The Morgan fingerprint density at radius 2 is 1.94 bits per heavy atom. The van der Waals surface area contributed by atoms with Crippen molar-refractivity contribution in [3.8, 4) is 5.75 Å². The van der Waals surface area contributed by atoms with Crippen LogP contribution in [0.25, 0.3) is 6.08 Å². The van der Waals surface area contributed by atoms with Gasteiger partial charge in [0.2, 0.25) is 0 Å². The smallest absolute Gasteiger partial charge is 0.338 e. The summed E-state index contributed by atoms with van der Waals surface area (Å²) in [5.41, 5.74) is 2.03. The van der Waals surface area contributed by atoms with Crippen LogP contribution in [-0.4, -0.2) is 24.3 Å². The number of halogens is 1. The Morgan fingerprint density at radius 1 is 1.22 bits per heavy atom. The molecule has 6 nitrogen and oxygen atoms in total. The molecule has 0 spiro atoms. The van der Waals surface area contributed by atoms with E-state index in [1.165, 1.54) is 23.0 Å². The number of rotatable bonds is 5. The first-order valence-corrected chi connectivity index (χ1v) is 11.2. The molecule has 3 aromatic rings. The average Bonchev–Trinajstić information content (AvgIpc) is 3.09. The zero-order chi connectivity index (χ0) is 22.8. The van der Waals surface area contributed by atoms with E-state index in [9.17, 15) is 9.59 Å². The van der Waals surface area contributed by atoms with Gasteiger partial charge < -0.3 is 9.47 Å². The van der Waals surface area contributed by atoms with Gasteiger partial charge in [0.1, 0.15) is 11.8 Å². The summed E-state index contributed by atoms with van der Waals surface area (Å²) < 4.78 is 12.5. The Bertz CT molecular complexity index is 1390. The lowest BCUT2D eigenvalue weighted by Crippen LogP contribution is -2.39. The number of thiazole rings is 1. The average molecular weight is 469 g/mol. The standard InChI is InChI=1S/C24H21ClN2O4S/c1-4-31-16-11-9-15(10-12-16)13-19-22(28)27-21(17-7-5-6-8-18(17)25)20(23(29)30-3)14(2)26-24(27)32-19/h5-13,21H,4H2,1-3H3/b19-13-. The maximum absolute atomic E-state index is 13.5. The highest BCUT2D eigenvalue weighted by atomic mass is 35.5. The molecule has 8 heteroatoms. The number of allylic oxidation sites excluding steroid dienone is 1. The van der Waals surface area contributed by atoms with E-state index in [-0.39, 0.29) is 5.56 Å². The van der Waals surface area contributed by atoms with Gasteiger partial charge in [0, 0.05) is 5.02 Å². The molecule has 0 aliphatic carbocycles. The summed E-state index contributed by atoms with van der Waals surface area (Å²) in [6.07, 6.45) is 1.81. The van der Waals surface area contributed by atoms with E-state index >= 15 is 0 Å². The molecule has 0 fully saturated rings. The van der Waals surface area contributed by atoms with Gasteiger partial charge in [-0.05, 0) is 49.2 Å². The molecule has 2 aromatic carbocycles. The zero-order valence-electron chi connectivity index (χ0n) is 17.8. The summed E-state index contributed by atoms with van der Waals surface area (Å²) in [5, 5.41) is 0.453. The number of hydrogen-bond acceptors (Lipinski definition) is 6. The third-order valence-electron chi connectivity index (χ3n) is 5.12. The lowest BCUT2D eigenvalue weighted by molar-refractivity contribution is -0.136. The Hall–Kier alpha value is -3.16. The molecule has 0 N–H and O–H groups in total. The second-order valence-electron chi connectivity index (χ2n) is 7.10. The van der Waals surface area contributed by atoms with E-state index in [1.54, 1.807) is 31.2 Å². The van der Waals surface area contributed by atoms with Crippen LogP contribution in [0.2, 0.25) is 5.02 Å². The third-order valence-corrected chi connectivity index (χ3v) is 6.44. The first-order chi connectivity index (χ1) is 15.4. The summed E-state index contributed by atoms with van der Waals surface area (Å²) in [7, 11) is 1.31. The molecule has 0 saturated heterocycles. The van der Waals surface area contributed by atoms with Gasteiger partial charge >= 0.3 is 5.97 Å². The van der Waals surface area contributed by atoms with Crippen molar-refractivity contribution < 1.29 is 14.3 Å². The second kappa shape index (κ2) is 9.14. The highest BCUT2D eigenvalue weighted by molar-refractivity contribution is 7.07. The number of benzene rings is 2. The van der Waals surface area contributed by atoms with Crippen LogP contribution in [0.1, 0.15) is 31.0 Å². The fourth-order valence-electron chi connectivity index (χ4n) is 3.66. The minimum Gasteiger partial charge on any atom is -0.494 e. The molecule has 1 unspecified atom stereocenters. The van der Waals surface area contributed by atoms with E-state index in [0.29, 0.717) is 37.8 Å². The van der Waals surface area contributed by atoms with Crippen LogP contribution in [0.5, 0.6) is 5.75 Å². The van der Waals surface area contributed by atoms with Gasteiger partial charge in [-0.2, -0.15) is 0 Å². The molecule has 4 rings (SSSR count). The number of carbonyl (C=O) groups excluding carboxylic acids is 1. The molecule has 2 heterocycles. The molecule has 1 aliphatic heterocycles. The maximum Gasteiger partial charge on any atom is 0.338 e. The number of nitrogens with zero attached hydrogens (tertiary/aromatic N) is 2. The van der Waals surface area contributed by atoms with Crippen molar-refractivity contribution in [2.45, 2.75) is 19.9 Å². The summed E-state index contributed by atoms with van der Waals surface area (Å²) in [6, 6.07) is 13.9. The summed E-state index contributed by atoms with van der Waals surface area (Å²) in [5.74, 6) is 0.222. The van der Waals surface area contributed by atoms with E-state index in [2.05, 4.69) is 4.99 Å². The molecule has 0 saturated carbocycles. The van der Waals surface area contributed by atoms with Gasteiger partial charge in [-0.1, -0.05) is 53.3 Å². The molecule has 0 amide bonds. The maximum atomic E-state index is 13.5. The van der Waals surface area contributed by atoms with Crippen LogP contribution < -0.4 is 19.6 Å². The van der Waals surface area contributed by atoms with Gasteiger partial charge in [-0.25, -0.2) is 9.79 Å². The molecule has 164 valence electrons. The number of esters is 1. The van der Waals surface area contributed by atoms with Gasteiger partial charge in [-0.3, -0.25) is 9.36 Å². The first-order valence-electron chi connectivity index (χ1n) is 10.0. The largest absolute Gasteiger partial charge is 0.494 e. The number of fused-ring (bicyclic) bond motifs is 1. The van der Waals surface area contributed by atoms with Crippen molar-refractivity contribution in [3.05, 3.63) is 95.6 Å². The van der Waals surface area contributed by atoms with Crippen molar-refractivity contribution >= 4 is 35.0 Å². The predicted octanol–water partition coefficient (Wildman–Crippen LogP) is 3.46. The lowest BCUT2D eigenvalue weighted by atomic mass is 9.96. The monoisotopic (exact) mass is 468 g/mol. The molecule has 1 aliphatic rings. The van der Waals surface area contributed by atoms with Crippen LogP contribution in [0.15, 0.2) is 69.6 Å². The van der Waals surface area contributed by atoms with Crippen LogP contribution in [0.3, 0.4) is 0 Å². The topological polar surface area (TPSA) is 69.9 Å². The molecular formula is C24H21ClN2O4S. The lowest BCUT2D eigenvalue weighted by Gasteiger charge is -2.25. The summed E-state index contributed by atoms with van der Waals surface area (Å²) in [4.78, 5) is 31.2. The van der Waals surface area contributed by atoms with Gasteiger partial charge in [0.25, 0.3) is 5.56 Å². The second-order valence-corrected chi connectivity index (χ2v) is 8.51. The van der Waals surface area contributed by atoms with Crippen molar-refractivity contribution in [1.29, 1.82) is 0 Å². The Balaban J connectivity index is 1.91. The van der Waals surface area contributed by atoms with E-state index in [1.807, 2.05) is 37.3 Å². The van der Waals surface area contributed by atoms with Crippen molar-refractivity contribution in [2.75, 3.05) is 13.7 Å². The normalized spacial score (nSPS) is 15.9. The highest BCUT2D eigenvalue weighted by Crippen LogP contribution is 2.34. The molecule has 0 radical (unpaired) electrons. The van der Waals surface area contributed by atoms with E-state index < -0.39 is 12.0 Å². The van der Waals surface area contributed by atoms with Crippen LogP contribution in [-0.2, 0) is 9.53 Å². The minimum atomic E-state index is -0.727. The first kappa shape index (κ1) is 22.0. The van der Waals surface area contributed by atoms with Crippen molar-refractivity contribution in [1.82, 2.24) is 4.57 Å². The van der Waals surface area contributed by atoms with E-state index in [0.717, 1.165) is 11.3 Å². The molecule has 1 aromatic heterocycles. The predicted molar refractivity (Wildman–Crippen MR) is 125 cm³/mol. The van der Waals surface area contributed by atoms with Gasteiger partial charge in [0.15, 0.2) is 4.80 Å². The van der Waals surface area contributed by atoms with Gasteiger partial charge in [-0.15, -0.1) is 0 Å². The van der Waals surface area contributed by atoms with E-state index in [4.69, 9.17) is 21.1 Å². The number of aromatic nitrogens is 1. The molecule has 32 heavy (non-hydrogen) atoms. The zero-order valence-corrected chi connectivity index (χ0v) is 19.4. The quantitative estimate of drug-likeness (QED) is 0.538. The number of ether oxygens (including phenoxy) is 2. The third kappa shape index (κ3) is 4.01. The van der Waals surface area contributed by atoms with Crippen LogP contribution >= 0.6 is 22.9 Å². The number of hydrogen-bond donors (Lipinski definition) is 0. The van der Waals surface area contributed by atoms with Gasteiger partial charge in [0.05, 0.1) is 29.5 Å².